The smallest absolute Gasteiger partial charge is 0.277 e. The maximum Gasteiger partial charge on any atom is 0.277 e. The van der Waals surface area contributed by atoms with Crippen molar-refractivity contribution in [2.24, 2.45) is 15.3 Å². The fourth-order valence-corrected chi connectivity index (χ4v) is 3.12. The van der Waals surface area contributed by atoms with E-state index in [1.807, 2.05) is 56.3 Å². The maximum absolute atomic E-state index is 12.0. The van der Waals surface area contributed by atoms with Crippen molar-refractivity contribution >= 4 is 39.4 Å². The Morgan fingerprint density at radius 3 is 2.42 bits per heavy atom. The first-order valence-corrected chi connectivity index (χ1v) is 10.2. The standard InChI is InChI=1S/C23H21BrN4O3/c1-15-5-3-6-16(2)23(15)31-14-22(30)28-25-13-17-11-20(9-10-21(17)29)27-26-19-8-4-7-18(24)12-19/h3-13,29H,14H2,1-2H3,(H,28,30)/b25-13+,27-26?. The summed E-state index contributed by atoms with van der Waals surface area (Å²) in [7, 11) is 0. The van der Waals surface area contributed by atoms with E-state index in [9.17, 15) is 9.90 Å². The monoisotopic (exact) mass is 480 g/mol. The zero-order valence-corrected chi connectivity index (χ0v) is 18.6. The summed E-state index contributed by atoms with van der Waals surface area (Å²) in [6.45, 7) is 3.67. The van der Waals surface area contributed by atoms with Crippen LogP contribution in [0.3, 0.4) is 0 Å². The first-order valence-electron chi connectivity index (χ1n) is 9.43. The van der Waals surface area contributed by atoms with E-state index in [0.29, 0.717) is 22.7 Å². The van der Waals surface area contributed by atoms with Gasteiger partial charge in [-0.05, 0) is 61.4 Å². The van der Waals surface area contributed by atoms with Crippen LogP contribution in [-0.2, 0) is 4.79 Å². The molecule has 2 N–H and O–H groups in total. The number of nitrogens with zero attached hydrogens (tertiary/aromatic N) is 3. The lowest BCUT2D eigenvalue weighted by molar-refractivity contribution is -0.123. The number of nitrogens with one attached hydrogen (secondary N) is 1. The molecule has 7 nitrogen and oxygen atoms in total. The van der Waals surface area contributed by atoms with Crippen molar-refractivity contribution in [3.63, 3.8) is 0 Å². The normalized spacial score (nSPS) is 11.2. The van der Waals surface area contributed by atoms with E-state index in [1.165, 1.54) is 12.3 Å². The molecule has 0 aliphatic carbocycles. The van der Waals surface area contributed by atoms with Gasteiger partial charge in [0, 0.05) is 10.0 Å². The molecule has 8 heteroatoms. The van der Waals surface area contributed by atoms with Gasteiger partial charge in [0.05, 0.1) is 17.6 Å². The van der Waals surface area contributed by atoms with Crippen LogP contribution in [0.4, 0.5) is 11.4 Å². The highest BCUT2D eigenvalue weighted by atomic mass is 79.9. The average molecular weight is 481 g/mol. The molecule has 0 atom stereocenters. The molecule has 0 saturated heterocycles. The lowest BCUT2D eigenvalue weighted by atomic mass is 10.1. The van der Waals surface area contributed by atoms with Crippen LogP contribution in [0, 0.1) is 13.8 Å². The lowest BCUT2D eigenvalue weighted by Crippen LogP contribution is -2.25. The van der Waals surface area contributed by atoms with Crippen LogP contribution >= 0.6 is 15.9 Å². The van der Waals surface area contributed by atoms with Crippen molar-refractivity contribution in [1.29, 1.82) is 0 Å². The second kappa shape index (κ2) is 10.5. The number of hydrazone groups is 1. The number of ether oxygens (including phenoxy) is 1. The number of para-hydroxylation sites is 1. The summed E-state index contributed by atoms with van der Waals surface area (Å²) < 4.78 is 6.49. The molecule has 31 heavy (non-hydrogen) atoms. The maximum atomic E-state index is 12.0. The molecule has 1 amide bonds. The van der Waals surface area contributed by atoms with Crippen LogP contribution in [0.1, 0.15) is 16.7 Å². The van der Waals surface area contributed by atoms with Gasteiger partial charge in [0.15, 0.2) is 6.61 Å². The van der Waals surface area contributed by atoms with Gasteiger partial charge in [0.2, 0.25) is 0 Å². The third-order valence-corrected chi connectivity index (χ3v) is 4.74. The van der Waals surface area contributed by atoms with Gasteiger partial charge in [-0.2, -0.15) is 15.3 Å². The fourth-order valence-electron chi connectivity index (χ4n) is 2.73. The molecular weight excluding hydrogens is 460 g/mol. The van der Waals surface area contributed by atoms with E-state index in [1.54, 1.807) is 12.1 Å². The van der Waals surface area contributed by atoms with E-state index >= 15 is 0 Å². The molecule has 0 aliphatic heterocycles. The Morgan fingerprint density at radius 1 is 1.03 bits per heavy atom. The molecule has 0 bridgehead atoms. The van der Waals surface area contributed by atoms with E-state index in [-0.39, 0.29) is 12.4 Å². The number of benzene rings is 3. The minimum atomic E-state index is -0.413. The Bertz CT molecular complexity index is 1130. The van der Waals surface area contributed by atoms with Crippen molar-refractivity contribution in [2.75, 3.05) is 6.61 Å². The Morgan fingerprint density at radius 2 is 1.71 bits per heavy atom. The van der Waals surface area contributed by atoms with Gasteiger partial charge in [0.25, 0.3) is 5.91 Å². The number of aryl methyl sites for hydroxylation is 2. The zero-order valence-electron chi connectivity index (χ0n) is 17.0. The van der Waals surface area contributed by atoms with Gasteiger partial charge in [-0.25, -0.2) is 5.43 Å². The highest BCUT2D eigenvalue weighted by Gasteiger charge is 2.07. The molecule has 0 aromatic heterocycles. The summed E-state index contributed by atoms with van der Waals surface area (Å²) >= 11 is 3.39. The Hall–Kier alpha value is -3.52. The highest BCUT2D eigenvalue weighted by Crippen LogP contribution is 2.25. The largest absolute Gasteiger partial charge is 0.507 e. The number of carbonyl (C=O) groups excluding carboxylic acids is 1. The molecule has 3 rings (SSSR count). The summed E-state index contributed by atoms with van der Waals surface area (Å²) in [5, 5.41) is 22.2. The van der Waals surface area contributed by atoms with E-state index in [2.05, 4.69) is 36.7 Å². The van der Waals surface area contributed by atoms with Crippen molar-refractivity contribution in [2.45, 2.75) is 13.8 Å². The molecule has 0 radical (unpaired) electrons. The summed E-state index contributed by atoms with van der Waals surface area (Å²) in [6, 6.07) is 17.9. The number of phenolic OH excluding ortho intramolecular Hbond substituents is 1. The number of hydrogen-bond donors (Lipinski definition) is 2. The first kappa shape index (κ1) is 22.2. The number of azo groups is 1. The SMILES string of the molecule is Cc1cccc(C)c1OCC(=O)N/N=C/c1cc(N=Nc2cccc(Br)c2)ccc1O. The Kier molecular flexibility index (Phi) is 7.50. The molecule has 0 fully saturated rings. The molecule has 0 aliphatic rings. The molecule has 3 aromatic rings. The third kappa shape index (κ3) is 6.48. The minimum absolute atomic E-state index is 0.00573. The van der Waals surface area contributed by atoms with E-state index in [4.69, 9.17) is 4.74 Å². The second-order valence-electron chi connectivity index (χ2n) is 6.73. The first-order chi connectivity index (χ1) is 14.9. The summed E-state index contributed by atoms with van der Waals surface area (Å²) in [5.74, 6) is 0.276. The number of carbonyl (C=O) groups is 1. The van der Waals surface area contributed by atoms with Crippen LogP contribution in [0.15, 0.2) is 80.5 Å². The summed E-state index contributed by atoms with van der Waals surface area (Å²) in [6.07, 6.45) is 1.34. The van der Waals surface area contributed by atoms with Gasteiger partial charge >= 0.3 is 0 Å². The van der Waals surface area contributed by atoms with Crippen LogP contribution in [0.25, 0.3) is 0 Å². The number of amides is 1. The van der Waals surface area contributed by atoms with Gasteiger partial charge in [-0.3, -0.25) is 4.79 Å². The Labute approximate surface area is 188 Å². The Balaban J connectivity index is 1.60. The van der Waals surface area contributed by atoms with Gasteiger partial charge in [-0.15, -0.1) is 0 Å². The third-order valence-electron chi connectivity index (χ3n) is 4.25. The minimum Gasteiger partial charge on any atom is -0.507 e. The quantitative estimate of drug-likeness (QED) is 0.257. The number of hydrogen-bond acceptors (Lipinski definition) is 6. The van der Waals surface area contributed by atoms with Gasteiger partial charge < -0.3 is 9.84 Å². The van der Waals surface area contributed by atoms with Crippen LogP contribution < -0.4 is 10.2 Å². The average Bonchev–Trinajstić information content (AvgIpc) is 2.74. The van der Waals surface area contributed by atoms with E-state index in [0.717, 1.165) is 15.6 Å². The number of halogens is 1. The lowest BCUT2D eigenvalue weighted by Gasteiger charge is -2.10. The van der Waals surface area contributed by atoms with Gasteiger partial charge in [-0.1, -0.05) is 40.2 Å². The number of phenols is 1. The summed E-state index contributed by atoms with van der Waals surface area (Å²) in [5.41, 5.74) is 5.90. The number of rotatable bonds is 7. The zero-order chi connectivity index (χ0) is 22.2. The van der Waals surface area contributed by atoms with Crippen molar-refractivity contribution in [3.8, 4) is 11.5 Å². The highest BCUT2D eigenvalue weighted by molar-refractivity contribution is 9.10. The topological polar surface area (TPSA) is 95.6 Å². The van der Waals surface area contributed by atoms with Crippen LogP contribution in [0.2, 0.25) is 0 Å². The summed E-state index contributed by atoms with van der Waals surface area (Å²) in [4.78, 5) is 12.0. The van der Waals surface area contributed by atoms with Crippen LogP contribution in [0.5, 0.6) is 11.5 Å². The molecule has 0 unspecified atom stereocenters. The van der Waals surface area contributed by atoms with E-state index < -0.39 is 5.91 Å². The fraction of sp³-hybridized carbons (Fsp3) is 0.130. The second-order valence-corrected chi connectivity index (χ2v) is 7.64. The molecule has 158 valence electrons. The predicted octanol–water partition coefficient (Wildman–Crippen LogP) is 5.72. The molecule has 0 saturated carbocycles. The molecule has 0 spiro atoms. The van der Waals surface area contributed by atoms with Crippen molar-refractivity contribution in [1.82, 2.24) is 5.43 Å². The molecule has 3 aromatic carbocycles. The van der Waals surface area contributed by atoms with Crippen LogP contribution in [-0.4, -0.2) is 23.8 Å². The molecular formula is C23H21BrN4O3. The number of aromatic hydroxyl groups is 1. The molecule has 0 heterocycles. The van der Waals surface area contributed by atoms with Crippen molar-refractivity contribution in [3.05, 3.63) is 81.8 Å². The van der Waals surface area contributed by atoms with Gasteiger partial charge in [0.1, 0.15) is 11.5 Å². The predicted molar refractivity (Wildman–Crippen MR) is 124 cm³/mol. The van der Waals surface area contributed by atoms with Crippen molar-refractivity contribution < 1.29 is 14.6 Å².